The molecule has 1 aliphatic carbocycles. The summed E-state index contributed by atoms with van der Waals surface area (Å²) in [6.07, 6.45) is 5.70. The summed E-state index contributed by atoms with van der Waals surface area (Å²) in [4.78, 5) is 14.2. The van der Waals surface area contributed by atoms with Gasteiger partial charge in [0.1, 0.15) is 0 Å². The lowest BCUT2D eigenvalue weighted by Crippen LogP contribution is -2.41. The highest BCUT2D eigenvalue weighted by molar-refractivity contribution is 5.35. The molecule has 2 aromatic heterocycles. The summed E-state index contributed by atoms with van der Waals surface area (Å²) in [5, 5.41) is 14.7. The Morgan fingerprint density at radius 2 is 2.14 bits per heavy atom. The Bertz CT molecular complexity index is 670. The Kier molecular flexibility index (Phi) is 3.82. The molecule has 3 rings (SSSR count). The van der Waals surface area contributed by atoms with Crippen LogP contribution in [0.1, 0.15) is 25.7 Å². The summed E-state index contributed by atoms with van der Waals surface area (Å²) in [7, 11) is 1.98. The van der Waals surface area contributed by atoms with Gasteiger partial charge in [0, 0.05) is 19.3 Å². The number of likely N-dealkylation sites (N-methyl/N-ethyl adjacent to an activating group) is 1. The quantitative estimate of drug-likeness (QED) is 0.882. The van der Waals surface area contributed by atoms with Gasteiger partial charge in [-0.3, -0.25) is 4.40 Å². The molecule has 0 radical (unpaired) electrons. The van der Waals surface area contributed by atoms with Crippen LogP contribution in [0.4, 0.5) is 0 Å². The first-order valence-corrected chi connectivity index (χ1v) is 7.53. The molecule has 2 heterocycles. The van der Waals surface area contributed by atoms with Gasteiger partial charge >= 0.3 is 5.69 Å². The van der Waals surface area contributed by atoms with E-state index in [0.29, 0.717) is 25.3 Å². The average Bonchev–Trinajstić information content (AvgIpc) is 3.02. The predicted molar refractivity (Wildman–Crippen MR) is 80.4 cm³/mol. The predicted octanol–water partition coefficient (Wildman–Crippen LogP) is 0.733. The summed E-state index contributed by atoms with van der Waals surface area (Å²) < 4.78 is 3.04. The first-order chi connectivity index (χ1) is 10.1. The van der Waals surface area contributed by atoms with Crippen molar-refractivity contribution in [1.82, 2.24) is 19.1 Å². The number of rotatable bonds is 5. The standard InChI is InChI=1S/C15H22N4O2/c1-17(12-15(21)7-3-4-8-15)10-11-19-14(20)18-9-5-2-6-13(18)16-19/h2,5-6,9,21H,3-4,7-8,10-12H2,1H3. The van der Waals surface area contributed by atoms with E-state index in [1.807, 2.05) is 25.2 Å². The molecule has 6 heteroatoms. The Balaban J connectivity index is 1.63. The molecule has 1 N–H and O–H groups in total. The van der Waals surface area contributed by atoms with E-state index >= 15 is 0 Å². The van der Waals surface area contributed by atoms with Gasteiger partial charge in [-0.05, 0) is 32.0 Å². The van der Waals surface area contributed by atoms with Crippen LogP contribution in [-0.4, -0.2) is 49.9 Å². The smallest absolute Gasteiger partial charge is 0.350 e. The first-order valence-electron chi connectivity index (χ1n) is 7.53. The molecule has 0 bridgehead atoms. The summed E-state index contributed by atoms with van der Waals surface area (Å²) in [6, 6.07) is 5.51. The van der Waals surface area contributed by atoms with Crippen molar-refractivity contribution in [3.63, 3.8) is 0 Å². The van der Waals surface area contributed by atoms with E-state index in [0.717, 1.165) is 25.7 Å². The van der Waals surface area contributed by atoms with E-state index in [1.54, 1.807) is 10.6 Å². The van der Waals surface area contributed by atoms with Crippen molar-refractivity contribution in [2.75, 3.05) is 20.1 Å². The topological polar surface area (TPSA) is 62.8 Å². The molecule has 0 aromatic carbocycles. The highest BCUT2D eigenvalue weighted by atomic mass is 16.3. The molecule has 114 valence electrons. The molecule has 2 aromatic rings. The summed E-state index contributed by atoms with van der Waals surface area (Å²) in [6.45, 7) is 1.90. The number of aromatic nitrogens is 3. The Morgan fingerprint density at radius 1 is 1.38 bits per heavy atom. The van der Waals surface area contributed by atoms with E-state index in [4.69, 9.17) is 0 Å². The van der Waals surface area contributed by atoms with E-state index in [2.05, 4.69) is 10.00 Å². The first kappa shape index (κ1) is 14.3. The van der Waals surface area contributed by atoms with Crippen LogP contribution in [0.5, 0.6) is 0 Å². The van der Waals surface area contributed by atoms with Crippen molar-refractivity contribution in [2.45, 2.75) is 37.8 Å². The number of hydrogen-bond acceptors (Lipinski definition) is 4. The highest BCUT2D eigenvalue weighted by Crippen LogP contribution is 2.29. The molecule has 0 spiro atoms. The third-order valence-corrected chi connectivity index (χ3v) is 4.28. The fourth-order valence-electron chi connectivity index (χ4n) is 3.15. The minimum atomic E-state index is -0.543. The van der Waals surface area contributed by atoms with Crippen molar-refractivity contribution in [1.29, 1.82) is 0 Å². The molecule has 1 fully saturated rings. The second-order valence-electron chi connectivity index (χ2n) is 6.10. The maximum atomic E-state index is 12.1. The molecule has 0 unspecified atom stereocenters. The minimum Gasteiger partial charge on any atom is -0.389 e. The highest BCUT2D eigenvalue weighted by Gasteiger charge is 2.31. The van der Waals surface area contributed by atoms with Gasteiger partial charge in [0.05, 0.1) is 12.1 Å². The van der Waals surface area contributed by atoms with Crippen LogP contribution in [0.2, 0.25) is 0 Å². The molecule has 0 amide bonds. The fraction of sp³-hybridized carbons (Fsp3) is 0.600. The Labute approximate surface area is 123 Å². The zero-order chi connectivity index (χ0) is 14.9. The maximum absolute atomic E-state index is 12.1. The van der Waals surface area contributed by atoms with Crippen LogP contribution >= 0.6 is 0 Å². The lowest BCUT2D eigenvalue weighted by Gasteiger charge is -2.28. The summed E-state index contributed by atoms with van der Waals surface area (Å²) in [5.74, 6) is 0. The molecule has 1 aliphatic rings. The summed E-state index contributed by atoms with van der Waals surface area (Å²) >= 11 is 0. The van der Waals surface area contributed by atoms with Crippen LogP contribution in [0.15, 0.2) is 29.2 Å². The fourth-order valence-corrected chi connectivity index (χ4v) is 3.15. The lowest BCUT2D eigenvalue weighted by molar-refractivity contribution is 0.0155. The second kappa shape index (κ2) is 5.61. The molecular weight excluding hydrogens is 268 g/mol. The molecule has 1 saturated carbocycles. The monoisotopic (exact) mass is 290 g/mol. The molecule has 0 aliphatic heterocycles. The second-order valence-corrected chi connectivity index (χ2v) is 6.10. The maximum Gasteiger partial charge on any atom is 0.350 e. The van der Waals surface area contributed by atoms with Crippen molar-refractivity contribution < 1.29 is 5.11 Å². The van der Waals surface area contributed by atoms with Crippen molar-refractivity contribution in [3.8, 4) is 0 Å². The van der Waals surface area contributed by atoms with Gasteiger partial charge in [0.2, 0.25) is 0 Å². The van der Waals surface area contributed by atoms with Gasteiger partial charge in [-0.25, -0.2) is 9.48 Å². The van der Waals surface area contributed by atoms with E-state index < -0.39 is 5.60 Å². The van der Waals surface area contributed by atoms with Crippen molar-refractivity contribution >= 4 is 5.65 Å². The van der Waals surface area contributed by atoms with Crippen LogP contribution in [-0.2, 0) is 6.54 Å². The number of pyridine rings is 1. The van der Waals surface area contributed by atoms with Crippen LogP contribution in [0.25, 0.3) is 5.65 Å². The SMILES string of the molecule is CN(CCn1nc2ccccn2c1=O)CC1(O)CCCC1. The zero-order valence-corrected chi connectivity index (χ0v) is 12.4. The van der Waals surface area contributed by atoms with Gasteiger partial charge in [-0.15, -0.1) is 5.10 Å². The zero-order valence-electron chi connectivity index (χ0n) is 12.4. The van der Waals surface area contributed by atoms with Gasteiger partial charge < -0.3 is 10.0 Å². The van der Waals surface area contributed by atoms with Gasteiger partial charge in [-0.2, -0.15) is 0 Å². The van der Waals surface area contributed by atoms with Crippen LogP contribution in [0.3, 0.4) is 0 Å². The van der Waals surface area contributed by atoms with Crippen LogP contribution < -0.4 is 5.69 Å². The minimum absolute atomic E-state index is 0.112. The Hall–Kier alpha value is -1.66. The number of nitrogens with zero attached hydrogens (tertiary/aromatic N) is 4. The van der Waals surface area contributed by atoms with Gasteiger partial charge in [0.15, 0.2) is 5.65 Å². The van der Waals surface area contributed by atoms with E-state index in [1.165, 1.54) is 4.68 Å². The van der Waals surface area contributed by atoms with E-state index in [-0.39, 0.29) is 5.69 Å². The molecular formula is C15H22N4O2. The Morgan fingerprint density at radius 3 is 2.86 bits per heavy atom. The largest absolute Gasteiger partial charge is 0.389 e. The average molecular weight is 290 g/mol. The molecule has 0 atom stereocenters. The number of hydrogen-bond donors (Lipinski definition) is 1. The molecule has 21 heavy (non-hydrogen) atoms. The number of aliphatic hydroxyl groups is 1. The van der Waals surface area contributed by atoms with Crippen molar-refractivity contribution in [2.24, 2.45) is 0 Å². The third-order valence-electron chi connectivity index (χ3n) is 4.28. The van der Waals surface area contributed by atoms with Gasteiger partial charge in [0.25, 0.3) is 0 Å². The van der Waals surface area contributed by atoms with Crippen molar-refractivity contribution in [3.05, 3.63) is 34.9 Å². The molecule has 0 saturated heterocycles. The third kappa shape index (κ3) is 3.01. The van der Waals surface area contributed by atoms with Crippen LogP contribution in [0, 0.1) is 0 Å². The normalized spacial score (nSPS) is 17.9. The van der Waals surface area contributed by atoms with Gasteiger partial charge in [-0.1, -0.05) is 18.9 Å². The number of fused-ring (bicyclic) bond motifs is 1. The molecule has 6 nitrogen and oxygen atoms in total. The lowest BCUT2D eigenvalue weighted by atomic mass is 10.0. The van der Waals surface area contributed by atoms with E-state index in [9.17, 15) is 9.90 Å². The summed E-state index contributed by atoms with van der Waals surface area (Å²) in [5.41, 5.74) is 0.0108.